The topological polar surface area (TPSA) is 55.6 Å². The molecule has 5 heteroatoms. The molecule has 1 N–H and O–H groups in total. The van der Waals surface area contributed by atoms with Gasteiger partial charge in [0.25, 0.3) is 0 Å². The lowest BCUT2D eigenvalue weighted by Gasteiger charge is -2.19. The van der Waals surface area contributed by atoms with E-state index in [-0.39, 0.29) is 6.04 Å². The number of anilines is 1. The molecule has 2 heterocycles. The van der Waals surface area contributed by atoms with Crippen molar-refractivity contribution < 1.29 is 0 Å². The minimum absolute atomic E-state index is 0.128. The second-order valence-electron chi connectivity index (χ2n) is 8.40. The fraction of sp³-hybridized carbons (Fsp3) is 0.320. The number of aryl methyl sites for hydroxylation is 3. The Kier molecular flexibility index (Phi) is 4.54. The molecule has 0 bridgehead atoms. The minimum atomic E-state index is 0.128. The van der Waals surface area contributed by atoms with Gasteiger partial charge in [-0.3, -0.25) is 0 Å². The van der Waals surface area contributed by atoms with Crippen molar-refractivity contribution >= 4 is 16.6 Å². The summed E-state index contributed by atoms with van der Waals surface area (Å²) < 4.78 is 2.09. The van der Waals surface area contributed by atoms with E-state index in [1.165, 1.54) is 34.4 Å². The van der Waals surface area contributed by atoms with Crippen molar-refractivity contribution in [2.45, 2.75) is 53.0 Å². The van der Waals surface area contributed by atoms with Crippen LogP contribution in [0, 0.1) is 20.8 Å². The first-order chi connectivity index (χ1) is 14.5. The molecule has 1 aliphatic carbocycles. The molecule has 1 aliphatic rings. The number of nitrogens with zero attached hydrogens (tertiary/aromatic N) is 4. The zero-order valence-corrected chi connectivity index (χ0v) is 18.0. The lowest BCUT2D eigenvalue weighted by molar-refractivity contribution is 0.785. The van der Waals surface area contributed by atoms with Crippen LogP contribution in [-0.4, -0.2) is 20.0 Å². The second-order valence-corrected chi connectivity index (χ2v) is 8.40. The van der Waals surface area contributed by atoms with Gasteiger partial charge in [-0.2, -0.15) is 10.2 Å². The molecule has 0 amide bonds. The molecule has 5 rings (SSSR count). The lowest BCUT2D eigenvalue weighted by atomic mass is 9.98. The Balaban J connectivity index is 1.58. The van der Waals surface area contributed by atoms with E-state index in [9.17, 15) is 0 Å². The fourth-order valence-electron chi connectivity index (χ4n) is 4.59. The largest absolute Gasteiger partial charge is 0.362 e. The van der Waals surface area contributed by atoms with Gasteiger partial charge in [-0.1, -0.05) is 24.3 Å². The third-order valence-electron chi connectivity index (χ3n) is 6.47. The van der Waals surface area contributed by atoms with Gasteiger partial charge in [-0.25, -0.2) is 4.68 Å². The smallest absolute Gasteiger partial charge is 0.157 e. The molecule has 0 unspecified atom stereocenters. The Morgan fingerprint density at radius 1 is 1.00 bits per heavy atom. The van der Waals surface area contributed by atoms with Gasteiger partial charge in [0.1, 0.15) is 0 Å². The van der Waals surface area contributed by atoms with Crippen LogP contribution in [0.1, 0.15) is 53.0 Å². The van der Waals surface area contributed by atoms with Crippen LogP contribution in [0.2, 0.25) is 0 Å². The van der Waals surface area contributed by atoms with Crippen LogP contribution < -0.4 is 5.32 Å². The summed E-state index contributed by atoms with van der Waals surface area (Å²) in [6.45, 7) is 8.53. The molecule has 30 heavy (non-hydrogen) atoms. The van der Waals surface area contributed by atoms with Crippen molar-refractivity contribution in [2.24, 2.45) is 0 Å². The highest BCUT2D eigenvalue weighted by Gasteiger charge is 2.19. The van der Waals surface area contributed by atoms with E-state index in [0.717, 1.165) is 40.8 Å². The Hall–Kier alpha value is -3.21. The van der Waals surface area contributed by atoms with Crippen LogP contribution in [-0.2, 0) is 12.8 Å². The highest BCUT2D eigenvalue weighted by molar-refractivity contribution is 5.94. The number of rotatable bonds is 4. The second kappa shape index (κ2) is 7.24. The first-order valence-electron chi connectivity index (χ1n) is 10.7. The predicted molar refractivity (Wildman–Crippen MR) is 121 cm³/mol. The summed E-state index contributed by atoms with van der Waals surface area (Å²) in [5, 5.41) is 19.4. The Bertz CT molecular complexity index is 1250. The van der Waals surface area contributed by atoms with E-state index in [1.54, 1.807) is 0 Å². The molecule has 0 fully saturated rings. The number of fused-ring (bicyclic) bond motifs is 2. The summed E-state index contributed by atoms with van der Waals surface area (Å²) in [7, 11) is 0. The Morgan fingerprint density at radius 3 is 2.73 bits per heavy atom. The summed E-state index contributed by atoms with van der Waals surface area (Å²) in [4.78, 5) is 0. The molecule has 0 saturated heterocycles. The molecular formula is C25H27N5. The van der Waals surface area contributed by atoms with E-state index in [4.69, 9.17) is 0 Å². The van der Waals surface area contributed by atoms with Gasteiger partial charge < -0.3 is 5.32 Å². The fourth-order valence-corrected chi connectivity index (χ4v) is 4.59. The summed E-state index contributed by atoms with van der Waals surface area (Å²) >= 11 is 0. The third kappa shape index (κ3) is 3.05. The SMILES string of the molecule is Cc1cccc([C@@H](C)Nc2nnc(C)c3ccc(-n4ncc5c4CCC5)cc23)c1C. The number of aromatic nitrogens is 4. The summed E-state index contributed by atoms with van der Waals surface area (Å²) in [5.41, 5.74) is 8.64. The first-order valence-corrected chi connectivity index (χ1v) is 10.7. The monoisotopic (exact) mass is 397 g/mol. The Labute approximate surface area is 177 Å². The third-order valence-corrected chi connectivity index (χ3v) is 6.47. The quantitative estimate of drug-likeness (QED) is 0.501. The summed E-state index contributed by atoms with van der Waals surface area (Å²) in [6, 6.07) is 13.1. The number of nitrogens with one attached hydrogen (secondary N) is 1. The van der Waals surface area contributed by atoms with Crippen molar-refractivity contribution in [2.75, 3.05) is 5.32 Å². The van der Waals surface area contributed by atoms with E-state index in [0.29, 0.717) is 0 Å². The van der Waals surface area contributed by atoms with E-state index < -0.39 is 0 Å². The summed E-state index contributed by atoms with van der Waals surface area (Å²) in [5.74, 6) is 0.814. The van der Waals surface area contributed by atoms with Gasteiger partial charge >= 0.3 is 0 Å². The van der Waals surface area contributed by atoms with E-state index in [1.807, 2.05) is 13.1 Å². The molecule has 2 aromatic heterocycles. The zero-order chi connectivity index (χ0) is 20.8. The average molecular weight is 398 g/mol. The molecule has 2 aromatic carbocycles. The van der Waals surface area contributed by atoms with E-state index in [2.05, 4.69) is 82.5 Å². The van der Waals surface area contributed by atoms with Gasteiger partial charge in [0.2, 0.25) is 0 Å². The highest BCUT2D eigenvalue weighted by Crippen LogP contribution is 2.31. The van der Waals surface area contributed by atoms with Crippen LogP contribution in [0.15, 0.2) is 42.6 Å². The van der Waals surface area contributed by atoms with Crippen molar-refractivity contribution in [3.8, 4) is 5.69 Å². The molecule has 1 atom stereocenters. The lowest BCUT2D eigenvalue weighted by Crippen LogP contribution is -2.11. The molecule has 0 radical (unpaired) electrons. The van der Waals surface area contributed by atoms with Gasteiger partial charge in [0, 0.05) is 16.5 Å². The van der Waals surface area contributed by atoms with Crippen molar-refractivity contribution in [1.29, 1.82) is 0 Å². The molecule has 0 aliphatic heterocycles. The molecule has 5 nitrogen and oxygen atoms in total. The first kappa shape index (κ1) is 18.8. The predicted octanol–water partition coefficient (Wildman–Crippen LogP) is 5.40. The molecule has 0 spiro atoms. The number of hydrogen-bond donors (Lipinski definition) is 1. The molecule has 4 aromatic rings. The maximum atomic E-state index is 4.66. The van der Waals surface area contributed by atoms with Crippen molar-refractivity contribution in [1.82, 2.24) is 20.0 Å². The maximum Gasteiger partial charge on any atom is 0.157 e. The van der Waals surface area contributed by atoms with Crippen LogP contribution in [0.3, 0.4) is 0 Å². The van der Waals surface area contributed by atoms with Crippen molar-refractivity contribution in [3.05, 3.63) is 76.2 Å². The summed E-state index contributed by atoms with van der Waals surface area (Å²) in [6.07, 6.45) is 5.46. The molecular weight excluding hydrogens is 370 g/mol. The van der Waals surface area contributed by atoms with Gasteiger partial charge in [0.15, 0.2) is 5.82 Å². The zero-order valence-electron chi connectivity index (χ0n) is 18.0. The highest BCUT2D eigenvalue weighted by atomic mass is 15.3. The van der Waals surface area contributed by atoms with Crippen LogP contribution in [0.25, 0.3) is 16.5 Å². The number of hydrogen-bond acceptors (Lipinski definition) is 4. The van der Waals surface area contributed by atoms with Crippen LogP contribution >= 0.6 is 0 Å². The molecule has 152 valence electrons. The number of benzene rings is 2. The van der Waals surface area contributed by atoms with Gasteiger partial charge in [-0.05, 0) is 81.3 Å². The molecule has 0 saturated carbocycles. The van der Waals surface area contributed by atoms with Gasteiger partial charge in [0.05, 0.1) is 23.6 Å². The minimum Gasteiger partial charge on any atom is -0.362 e. The van der Waals surface area contributed by atoms with E-state index >= 15 is 0 Å². The standard InChI is InChI=1S/C25H27N5/c1-15-7-5-9-21(16(15)2)17(3)27-25-23-13-20(11-12-22(23)18(4)28-29-25)30-24-10-6-8-19(24)14-26-30/h5,7,9,11-14,17H,6,8,10H2,1-4H3,(H,27,29)/t17-/m1/s1. The average Bonchev–Trinajstić information content (AvgIpc) is 3.36. The maximum absolute atomic E-state index is 4.66. The van der Waals surface area contributed by atoms with Crippen LogP contribution in [0.4, 0.5) is 5.82 Å². The Morgan fingerprint density at radius 2 is 1.87 bits per heavy atom. The van der Waals surface area contributed by atoms with Gasteiger partial charge in [-0.15, -0.1) is 5.10 Å². The normalized spacial score (nSPS) is 14.1. The van der Waals surface area contributed by atoms with Crippen LogP contribution in [0.5, 0.6) is 0 Å². The van der Waals surface area contributed by atoms with Crippen molar-refractivity contribution in [3.63, 3.8) is 0 Å².